The second-order valence-electron chi connectivity index (χ2n) is 7.58. The molecule has 5 rings (SSSR count). The van der Waals surface area contributed by atoms with Gasteiger partial charge in [0, 0.05) is 10.6 Å². The van der Waals surface area contributed by atoms with Crippen LogP contribution in [0.5, 0.6) is 0 Å². The van der Waals surface area contributed by atoms with Crippen LogP contribution in [0.25, 0.3) is 10.4 Å². The minimum Gasteiger partial charge on any atom is -0.0613 e. The van der Waals surface area contributed by atoms with Gasteiger partial charge in [0.15, 0.2) is 0 Å². The molecule has 0 spiro atoms. The summed E-state index contributed by atoms with van der Waals surface area (Å²) in [5, 5.41) is 3.95. The fourth-order valence-corrected chi connectivity index (χ4v) is 5.80. The SMILES string of the molecule is CCc1ccc(C23CC4CC(CC(C4)C2)C3)cc1N=[N+]=[N-]. The molecular formula is C18H23N3. The second kappa shape index (κ2) is 4.78. The molecule has 0 radical (unpaired) electrons. The molecule has 4 aliphatic rings. The van der Waals surface area contributed by atoms with Gasteiger partial charge in [-0.25, -0.2) is 0 Å². The van der Waals surface area contributed by atoms with E-state index in [2.05, 4.69) is 35.1 Å². The molecule has 4 bridgehead atoms. The molecule has 0 N–H and O–H groups in total. The monoisotopic (exact) mass is 281 g/mol. The summed E-state index contributed by atoms with van der Waals surface area (Å²) in [7, 11) is 0. The molecule has 0 amide bonds. The van der Waals surface area contributed by atoms with Gasteiger partial charge in [-0.05, 0) is 90.8 Å². The Morgan fingerprint density at radius 3 is 2.29 bits per heavy atom. The molecule has 3 nitrogen and oxygen atoms in total. The van der Waals surface area contributed by atoms with Crippen molar-refractivity contribution in [3.05, 3.63) is 39.8 Å². The van der Waals surface area contributed by atoms with Crippen LogP contribution in [0, 0.1) is 17.8 Å². The quantitative estimate of drug-likeness (QED) is 0.390. The predicted octanol–water partition coefficient (Wildman–Crippen LogP) is 5.66. The van der Waals surface area contributed by atoms with Gasteiger partial charge in [0.05, 0.1) is 0 Å². The highest BCUT2D eigenvalue weighted by Crippen LogP contribution is 2.60. The molecule has 3 heteroatoms. The largest absolute Gasteiger partial charge is 0.0613 e. The Bertz CT molecular complexity index is 578. The zero-order chi connectivity index (χ0) is 14.4. The van der Waals surface area contributed by atoms with E-state index in [-0.39, 0.29) is 0 Å². The summed E-state index contributed by atoms with van der Waals surface area (Å²) in [6.45, 7) is 2.12. The van der Waals surface area contributed by atoms with Crippen molar-refractivity contribution in [3.63, 3.8) is 0 Å². The zero-order valence-corrected chi connectivity index (χ0v) is 12.8. The third-order valence-electron chi connectivity index (χ3n) is 6.27. The van der Waals surface area contributed by atoms with Gasteiger partial charge in [0.1, 0.15) is 0 Å². The van der Waals surface area contributed by atoms with Crippen LogP contribution in [0.4, 0.5) is 5.69 Å². The maximum absolute atomic E-state index is 8.82. The van der Waals surface area contributed by atoms with Crippen LogP contribution in [-0.2, 0) is 11.8 Å². The van der Waals surface area contributed by atoms with Crippen molar-refractivity contribution >= 4 is 5.69 Å². The molecule has 0 aliphatic heterocycles. The second-order valence-corrected chi connectivity index (χ2v) is 7.58. The first-order valence-electron chi connectivity index (χ1n) is 8.41. The third-order valence-corrected chi connectivity index (χ3v) is 6.27. The Kier molecular flexibility index (Phi) is 3.00. The summed E-state index contributed by atoms with van der Waals surface area (Å²) < 4.78 is 0. The van der Waals surface area contributed by atoms with E-state index in [0.717, 1.165) is 29.9 Å². The first-order chi connectivity index (χ1) is 10.2. The molecule has 0 atom stereocenters. The van der Waals surface area contributed by atoms with E-state index in [0.29, 0.717) is 5.41 Å². The van der Waals surface area contributed by atoms with Crippen molar-refractivity contribution in [1.29, 1.82) is 0 Å². The van der Waals surface area contributed by atoms with Crippen LogP contribution in [-0.4, -0.2) is 0 Å². The Morgan fingerprint density at radius 2 is 1.76 bits per heavy atom. The fourth-order valence-electron chi connectivity index (χ4n) is 5.80. The van der Waals surface area contributed by atoms with E-state index in [9.17, 15) is 0 Å². The number of nitrogens with zero attached hydrogens (tertiary/aromatic N) is 3. The molecule has 0 heterocycles. The Labute approximate surface area is 126 Å². The molecule has 4 aliphatic carbocycles. The summed E-state index contributed by atoms with van der Waals surface area (Å²) in [5.41, 5.74) is 12.7. The van der Waals surface area contributed by atoms with Gasteiger partial charge in [0.2, 0.25) is 0 Å². The molecule has 4 fully saturated rings. The number of aryl methyl sites for hydroxylation is 1. The molecule has 4 saturated carbocycles. The highest BCUT2D eigenvalue weighted by Gasteiger charge is 2.51. The number of hydrogen-bond acceptors (Lipinski definition) is 1. The molecule has 1 aromatic carbocycles. The topological polar surface area (TPSA) is 48.8 Å². The Morgan fingerprint density at radius 1 is 1.14 bits per heavy atom. The van der Waals surface area contributed by atoms with E-state index in [1.54, 1.807) is 0 Å². The van der Waals surface area contributed by atoms with Gasteiger partial charge in [-0.3, -0.25) is 0 Å². The van der Waals surface area contributed by atoms with Crippen molar-refractivity contribution < 1.29 is 0 Å². The Balaban J connectivity index is 1.76. The lowest BCUT2D eigenvalue weighted by molar-refractivity contribution is -0.00517. The summed E-state index contributed by atoms with van der Waals surface area (Å²) in [6, 6.07) is 6.71. The minimum absolute atomic E-state index is 0.390. The van der Waals surface area contributed by atoms with Crippen molar-refractivity contribution in [1.82, 2.24) is 0 Å². The zero-order valence-electron chi connectivity index (χ0n) is 12.8. The fraction of sp³-hybridized carbons (Fsp3) is 0.667. The van der Waals surface area contributed by atoms with Crippen LogP contribution < -0.4 is 0 Å². The normalized spacial score (nSPS) is 36.5. The first-order valence-corrected chi connectivity index (χ1v) is 8.41. The van der Waals surface area contributed by atoms with Crippen LogP contribution in [0.15, 0.2) is 23.3 Å². The van der Waals surface area contributed by atoms with Crippen LogP contribution >= 0.6 is 0 Å². The van der Waals surface area contributed by atoms with Crippen molar-refractivity contribution in [2.75, 3.05) is 0 Å². The van der Waals surface area contributed by atoms with Crippen molar-refractivity contribution in [3.8, 4) is 0 Å². The van der Waals surface area contributed by atoms with Gasteiger partial charge in [-0.15, -0.1) is 0 Å². The molecule has 21 heavy (non-hydrogen) atoms. The smallest absolute Gasteiger partial charge is 0.0410 e. The average Bonchev–Trinajstić information content (AvgIpc) is 2.46. The van der Waals surface area contributed by atoms with Gasteiger partial charge >= 0.3 is 0 Å². The van der Waals surface area contributed by atoms with Gasteiger partial charge in [-0.1, -0.05) is 24.2 Å². The predicted molar refractivity (Wildman–Crippen MR) is 84.5 cm³/mol. The summed E-state index contributed by atoms with van der Waals surface area (Å²) >= 11 is 0. The lowest BCUT2D eigenvalue weighted by Gasteiger charge is -2.57. The molecule has 0 saturated heterocycles. The highest BCUT2D eigenvalue weighted by molar-refractivity contribution is 5.50. The number of hydrogen-bond donors (Lipinski definition) is 0. The van der Waals surface area contributed by atoms with E-state index < -0.39 is 0 Å². The summed E-state index contributed by atoms with van der Waals surface area (Å²) in [5.74, 6) is 2.85. The van der Waals surface area contributed by atoms with E-state index in [1.807, 2.05) is 0 Å². The van der Waals surface area contributed by atoms with E-state index >= 15 is 0 Å². The standard InChI is InChI=1S/C18H23N3/c1-2-15-3-4-16(8-17(15)20-21-19)18-9-12-5-13(10-18)7-14(6-12)11-18/h3-4,8,12-14H,2,5-7,9-11H2,1H3. The molecule has 0 unspecified atom stereocenters. The van der Waals surface area contributed by atoms with Gasteiger partial charge in [-0.2, -0.15) is 0 Å². The summed E-state index contributed by atoms with van der Waals surface area (Å²) in [4.78, 5) is 3.03. The number of rotatable bonds is 3. The van der Waals surface area contributed by atoms with Crippen LogP contribution in [0.2, 0.25) is 0 Å². The maximum atomic E-state index is 8.82. The number of benzene rings is 1. The lowest BCUT2D eigenvalue weighted by Crippen LogP contribution is -2.48. The van der Waals surface area contributed by atoms with Crippen LogP contribution in [0.1, 0.15) is 56.6 Å². The summed E-state index contributed by atoms with van der Waals surface area (Å²) in [6.07, 6.45) is 9.41. The maximum Gasteiger partial charge on any atom is 0.0410 e. The van der Waals surface area contributed by atoms with Crippen molar-refractivity contribution in [2.24, 2.45) is 22.9 Å². The van der Waals surface area contributed by atoms with E-state index in [4.69, 9.17) is 5.53 Å². The molecule has 110 valence electrons. The molecular weight excluding hydrogens is 258 g/mol. The number of azide groups is 1. The first kappa shape index (κ1) is 13.2. The van der Waals surface area contributed by atoms with Gasteiger partial charge < -0.3 is 0 Å². The minimum atomic E-state index is 0.390. The highest BCUT2D eigenvalue weighted by atomic mass is 15.1. The van der Waals surface area contributed by atoms with E-state index in [1.165, 1.54) is 49.7 Å². The molecule has 0 aromatic heterocycles. The van der Waals surface area contributed by atoms with Crippen molar-refractivity contribution in [2.45, 2.75) is 57.3 Å². The van der Waals surface area contributed by atoms with Gasteiger partial charge in [0.25, 0.3) is 0 Å². The molecule has 1 aromatic rings. The van der Waals surface area contributed by atoms with Crippen LogP contribution in [0.3, 0.4) is 0 Å². The average molecular weight is 281 g/mol. The third kappa shape index (κ3) is 2.06. The lowest BCUT2D eigenvalue weighted by atomic mass is 9.48. The Hall–Kier alpha value is -1.47.